The van der Waals surface area contributed by atoms with Crippen molar-refractivity contribution in [3.8, 4) is 0 Å². The number of hydrogen-bond donors (Lipinski definition) is 1. The summed E-state index contributed by atoms with van der Waals surface area (Å²) in [6.45, 7) is 7.35. The van der Waals surface area contributed by atoms with Gasteiger partial charge in [-0.05, 0) is 44.7 Å². The van der Waals surface area contributed by atoms with Crippen LogP contribution >= 0.6 is 0 Å². The molecular formula is C15H23NO. The van der Waals surface area contributed by atoms with Crippen LogP contribution in [0.4, 0.5) is 0 Å². The van der Waals surface area contributed by atoms with Gasteiger partial charge in [-0.2, -0.15) is 0 Å². The van der Waals surface area contributed by atoms with Crippen molar-refractivity contribution in [2.24, 2.45) is 5.92 Å². The summed E-state index contributed by atoms with van der Waals surface area (Å²) in [5, 5.41) is 3.63. The quantitative estimate of drug-likeness (QED) is 0.863. The third-order valence-electron chi connectivity index (χ3n) is 3.63. The number of nitrogens with one attached hydrogen (secondary N) is 1. The molecule has 0 radical (unpaired) electrons. The van der Waals surface area contributed by atoms with E-state index >= 15 is 0 Å². The first-order valence-corrected chi connectivity index (χ1v) is 6.63. The Bertz CT molecular complexity index is 327. The Morgan fingerprint density at radius 2 is 1.88 bits per heavy atom. The SMILES string of the molecule is Cc1ccc(C(C)NCC2CCOCC2)cc1. The highest BCUT2D eigenvalue weighted by Crippen LogP contribution is 2.17. The minimum Gasteiger partial charge on any atom is -0.381 e. The molecule has 1 saturated heterocycles. The Labute approximate surface area is 104 Å². The second-order valence-electron chi connectivity index (χ2n) is 5.10. The lowest BCUT2D eigenvalue weighted by Crippen LogP contribution is -2.29. The lowest BCUT2D eigenvalue weighted by Gasteiger charge is -2.24. The molecule has 1 N–H and O–H groups in total. The Kier molecular flexibility index (Phi) is 4.57. The van der Waals surface area contributed by atoms with Crippen molar-refractivity contribution in [2.45, 2.75) is 32.7 Å². The standard InChI is InChI=1S/C15H23NO/c1-12-3-5-15(6-4-12)13(2)16-11-14-7-9-17-10-8-14/h3-6,13-14,16H,7-11H2,1-2H3. The predicted molar refractivity (Wildman–Crippen MR) is 71.1 cm³/mol. The zero-order valence-electron chi connectivity index (χ0n) is 10.9. The molecule has 0 spiro atoms. The fraction of sp³-hybridized carbons (Fsp3) is 0.600. The van der Waals surface area contributed by atoms with Gasteiger partial charge in [0.25, 0.3) is 0 Å². The number of ether oxygens (including phenoxy) is 1. The van der Waals surface area contributed by atoms with E-state index in [1.54, 1.807) is 0 Å². The van der Waals surface area contributed by atoms with E-state index in [-0.39, 0.29) is 0 Å². The number of benzene rings is 1. The predicted octanol–water partition coefficient (Wildman–Crippen LogP) is 3.07. The van der Waals surface area contributed by atoms with Crippen LogP contribution in [0.3, 0.4) is 0 Å². The van der Waals surface area contributed by atoms with E-state index < -0.39 is 0 Å². The van der Waals surface area contributed by atoms with Gasteiger partial charge in [-0.25, -0.2) is 0 Å². The highest BCUT2D eigenvalue weighted by Gasteiger charge is 2.14. The number of rotatable bonds is 4. The Balaban J connectivity index is 1.80. The van der Waals surface area contributed by atoms with Gasteiger partial charge in [-0.3, -0.25) is 0 Å². The van der Waals surface area contributed by atoms with Crippen LogP contribution in [0.1, 0.15) is 36.9 Å². The molecule has 2 nitrogen and oxygen atoms in total. The molecule has 1 heterocycles. The lowest BCUT2D eigenvalue weighted by atomic mass is 9.99. The molecule has 1 aromatic rings. The summed E-state index contributed by atoms with van der Waals surface area (Å²) < 4.78 is 5.38. The first-order valence-electron chi connectivity index (χ1n) is 6.63. The van der Waals surface area contributed by atoms with Gasteiger partial charge in [0.1, 0.15) is 0 Å². The maximum atomic E-state index is 5.38. The maximum absolute atomic E-state index is 5.38. The van der Waals surface area contributed by atoms with E-state index in [0.29, 0.717) is 6.04 Å². The first-order chi connectivity index (χ1) is 8.25. The molecule has 0 bridgehead atoms. The first kappa shape index (κ1) is 12.6. The van der Waals surface area contributed by atoms with E-state index in [4.69, 9.17) is 4.74 Å². The van der Waals surface area contributed by atoms with Crippen molar-refractivity contribution in [3.63, 3.8) is 0 Å². The Hall–Kier alpha value is -0.860. The highest BCUT2D eigenvalue weighted by atomic mass is 16.5. The molecule has 0 saturated carbocycles. The van der Waals surface area contributed by atoms with Gasteiger partial charge >= 0.3 is 0 Å². The van der Waals surface area contributed by atoms with Crippen LogP contribution in [0.2, 0.25) is 0 Å². The summed E-state index contributed by atoms with van der Waals surface area (Å²) in [5.74, 6) is 0.789. The Morgan fingerprint density at radius 1 is 1.24 bits per heavy atom. The van der Waals surface area contributed by atoms with Crippen LogP contribution in [0.5, 0.6) is 0 Å². The van der Waals surface area contributed by atoms with Crippen LogP contribution in [-0.2, 0) is 4.74 Å². The molecule has 94 valence electrons. The third-order valence-corrected chi connectivity index (χ3v) is 3.63. The summed E-state index contributed by atoms with van der Waals surface area (Å²) in [4.78, 5) is 0. The highest BCUT2D eigenvalue weighted by molar-refractivity contribution is 5.23. The monoisotopic (exact) mass is 233 g/mol. The Morgan fingerprint density at radius 3 is 2.53 bits per heavy atom. The molecule has 1 aliphatic rings. The molecule has 1 aliphatic heterocycles. The number of aryl methyl sites for hydroxylation is 1. The fourth-order valence-corrected chi connectivity index (χ4v) is 2.27. The average molecular weight is 233 g/mol. The summed E-state index contributed by atoms with van der Waals surface area (Å²) in [6, 6.07) is 9.25. The second-order valence-corrected chi connectivity index (χ2v) is 5.10. The summed E-state index contributed by atoms with van der Waals surface area (Å²) >= 11 is 0. The van der Waals surface area contributed by atoms with Gasteiger partial charge in [0, 0.05) is 19.3 Å². The fourth-order valence-electron chi connectivity index (χ4n) is 2.27. The zero-order chi connectivity index (χ0) is 12.1. The average Bonchev–Trinajstić information content (AvgIpc) is 2.38. The topological polar surface area (TPSA) is 21.3 Å². The molecule has 0 aliphatic carbocycles. The third kappa shape index (κ3) is 3.83. The van der Waals surface area contributed by atoms with Gasteiger partial charge in [0.05, 0.1) is 0 Å². The van der Waals surface area contributed by atoms with Crippen molar-refractivity contribution >= 4 is 0 Å². The van der Waals surface area contributed by atoms with Crippen LogP contribution in [-0.4, -0.2) is 19.8 Å². The normalized spacial score (nSPS) is 19.2. The summed E-state index contributed by atoms with van der Waals surface area (Å²) in [6.07, 6.45) is 2.40. The molecule has 17 heavy (non-hydrogen) atoms. The van der Waals surface area contributed by atoms with E-state index in [0.717, 1.165) is 25.7 Å². The molecular weight excluding hydrogens is 210 g/mol. The van der Waals surface area contributed by atoms with Gasteiger partial charge in [0.2, 0.25) is 0 Å². The van der Waals surface area contributed by atoms with Gasteiger partial charge < -0.3 is 10.1 Å². The molecule has 2 rings (SSSR count). The molecule has 1 fully saturated rings. The van der Waals surface area contributed by atoms with Gasteiger partial charge in [0.15, 0.2) is 0 Å². The molecule has 1 unspecified atom stereocenters. The lowest BCUT2D eigenvalue weighted by molar-refractivity contribution is 0.0656. The summed E-state index contributed by atoms with van der Waals surface area (Å²) in [7, 11) is 0. The molecule has 2 heteroatoms. The number of hydrogen-bond acceptors (Lipinski definition) is 2. The van der Waals surface area contributed by atoms with E-state index in [1.165, 1.54) is 24.0 Å². The molecule has 1 aromatic carbocycles. The maximum Gasteiger partial charge on any atom is 0.0469 e. The van der Waals surface area contributed by atoms with Gasteiger partial charge in [-0.1, -0.05) is 29.8 Å². The van der Waals surface area contributed by atoms with E-state index in [2.05, 4.69) is 43.4 Å². The van der Waals surface area contributed by atoms with Gasteiger partial charge in [-0.15, -0.1) is 0 Å². The smallest absolute Gasteiger partial charge is 0.0469 e. The van der Waals surface area contributed by atoms with E-state index in [1.807, 2.05) is 0 Å². The van der Waals surface area contributed by atoms with Crippen molar-refractivity contribution in [3.05, 3.63) is 35.4 Å². The summed E-state index contributed by atoms with van der Waals surface area (Å²) in [5.41, 5.74) is 2.70. The van der Waals surface area contributed by atoms with Crippen LogP contribution in [0, 0.1) is 12.8 Å². The molecule has 1 atom stereocenters. The molecule has 0 amide bonds. The van der Waals surface area contributed by atoms with Crippen molar-refractivity contribution < 1.29 is 4.74 Å². The van der Waals surface area contributed by atoms with E-state index in [9.17, 15) is 0 Å². The van der Waals surface area contributed by atoms with Crippen LogP contribution < -0.4 is 5.32 Å². The van der Waals surface area contributed by atoms with Crippen molar-refractivity contribution in [2.75, 3.05) is 19.8 Å². The molecule has 0 aromatic heterocycles. The second kappa shape index (κ2) is 6.18. The van der Waals surface area contributed by atoms with Crippen LogP contribution in [0.25, 0.3) is 0 Å². The minimum absolute atomic E-state index is 0.443. The van der Waals surface area contributed by atoms with Crippen molar-refractivity contribution in [1.29, 1.82) is 0 Å². The minimum atomic E-state index is 0.443. The largest absolute Gasteiger partial charge is 0.381 e. The van der Waals surface area contributed by atoms with Crippen molar-refractivity contribution in [1.82, 2.24) is 5.32 Å². The zero-order valence-corrected chi connectivity index (χ0v) is 10.9. The van der Waals surface area contributed by atoms with Crippen LogP contribution in [0.15, 0.2) is 24.3 Å².